The molecule has 9 heteroatoms. The maximum Gasteiger partial charge on any atom is 0.313 e. The Bertz CT molecular complexity index is 958. The van der Waals surface area contributed by atoms with Gasteiger partial charge in [0.05, 0.1) is 19.9 Å². The number of piperidine rings is 1. The predicted molar refractivity (Wildman–Crippen MR) is 122 cm³/mol. The zero-order chi connectivity index (χ0) is 23.6. The number of methoxy groups -OCH3 is 2. The van der Waals surface area contributed by atoms with E-state index in [1.54, 1.807) is 23.1 Å². The fraction of sp³-hybridized carbons (Fsp3) is 0.375. The van der Waals surface area contributed by atoms with Gasteiger partial charge in [-0.2, -0.15) is 0 Å². The number of anilines is 1. The molecule has 1 saturated heterocycles. The Hall–Kier alpha value is -3.75. The molecule has 3 rings (SSSR count). The van der Waals surface area contributed by atoms with E-state index in [4.69, 9.17) is 14.2 Å². The molecule has 1 aliphatic heterocycles. The van der Waals surface area contributed by atoms with Crippen molar-refractivity contribution in [3.05, 3.63) is 48.5 Å². The summed E-state index contributed by atoms with van der Waals surface area (Å²) in [5, 5.41) is 5.23. The van der Waals surface area contributed by atoms with E-state index in [0.717, 1.165) is 12.8 Å². The highest BCUT2D eigenvalue weighted by molar-refractivity contribution is 6.39. The van der Waals surface area contributed by atoms with Crippen LogP contribution in [0.2, 0.25) is 0 Å². The quantitative estimate of drug-likeness (QED) is 0.591. The molecule has 0 spiro atoms. The number of para-hydroxylation sites is 1. The van der Waals surface area contributed by atoms with Crippen molar-refractivity contribution in [2.24, 2.45) is 5.92 Å². The Balaban J connectivity index is 1.40. The van der Waals surface area contributed by atoms with Crippen LogP contribution in [-0.4, -0.2) is 63.1 Å². The molecule has 2 aromatic carbocycles. The van der Waals surface area contributed by atoms with Gasteiger partial charge in [-0.1, -0.05) is 18.2 Å². The number of benzene rings is 2. The minimum Gasteiger partial charge on any atom is -0.497 e. The molecule has 33 heavy (non-hydrogen) atoms. The number of nitrogens with one attached hydrogen (secondary N) is 2. The van der Waals surface area contributed by atoms with Gasteiger partial charge < -0.3 is 29.7 Å². The highest BCUT2D eigenvalue weighted by Crippen LogP contribution is 2.28. The highest BCUT2D eigenvalue weighted by atomic mass is 16.5. The van der Waals surface area contributed by atoms with Crippen molar-refractivity contribution in [3.63, 3.8) is 0 Å². The van der Waals surface area contributed by atoms with Gasteiger partial charge in [-0.25, -0.2) is 0 Å². The van der Waals surface area contributed by atoms with Crippen molar-refractivity contribution in [1.29, 1.82) is 0 Å². The number of carbonyl (C=O) groups is 3. The van der Waals surface area contributed by atoms with Gasteiger partial charge in [-0.3, -0.25) is 14.4 Å². The highest BCUT2D eigenvalue weighted by Gasteiger charge is 2.24. The van der Waals surface area contributed by atoms with Gasteiger partial charge in [0.25, 0.3) is 5.91 Å². The fourth-order valence-electron chi connectivity index (χ4n) is 3.55. The predicted octanol–water partition coefficient (Wildman–Crippen LogP) is 2.08. The number of hydrogen-bond acceptors (Lipinski definition) is 6. The van der Waals surface area contributed by atoms with E-state index < -0.39 is 11.8 Å². The minimum atomic E-state index is -0.785. The lowest BCUT2D eigenvalue weighted by Crippen LogP contribution is -2.44. The van der Waals surface area contributed by atoms with Gasteiger partial charge >= 0.3 is 11.8 Å². The summed E-state index contributed by atoms with van der Waals surface area (Å²) >= 11 is 0. The molecule has 9 nitrogen and oxygen atoms in total. The third-order valence-corrected chi connectivity index (χ3v) is 5.49. The fourth-order valence-corrected chi connectivity index (χ4v) is 3.55. The van der Waals surface area contributed by atoms with Crippen molar-refractivity contribution in [1.82, 2.24) is 10.2 Å². The first-order valence-corrected chi connectivity index (χ1v) is 10.8. The molecule has 0 unspecified atom stereocenters. The van der Waals surface area contributed by atoms with Crippen LogP contribution in [0.4, 0.5) is 5.69 Å². The molecule has 1 heterocycles. The van der Waals surface area contributed by atoms with Crippen molar-refractivity contribution >= 4 is 23.4 Å². The SMILES string of the molecule is COc1ccc(OC)c(NC(=O)C(=O)NCC2CCN(C(=O)COc3ccccc3)CC2)c1. The molecule has 0 aromatic heterocycles. The lowest BCUT2D eigenvalue weighted by atomic mass is 9.96. The number of carbonyl (C=O) groups excluding carboxylic acids is 3. The molecule has 3 amide bonds. The third kappa shape index (κ3) is 6.86. The zero-order valence-corrected chi connectivity index (χ0v) is 18.8. The first kappa shape index (κ1) is 23.9. The molecule has 176 valence electrons. The number of likely N-dealkylation sites (tertiary alicyclic amines) is 1. The van der Waals surface area contributed by atoms with E-state index in [2.05, 4.69) is 10.6 Å². The lowest BCUT2D eigenvalue weighted by Gasteiger charge is -2.32. The van der Waals surface area contributed by atoms with Gasteiger partial charge in [-0.05, 0) is 43.0 Å². The van der Waals surface area contributed by atoms with E-state index in [9.17, 15) is 14.4 Å². The summed E-state index contributed by atoms with van der Waals surface area (Å²) < 4.78 is 15.9. The number of amides is 3. The largest absolute Gasteiger partial charge is 0.497 e. The first-order chi connectivity index (χ1) is 16.0. The summed E-state index contributed by atoms with van der Waals surface area (Å²) in [5.74, 6) is 0.225. The maximum atomic E-state index is 12.4. The molecule has 0 atom stereocenters. The molecule has 1 aliphatic rings. The van der Waals surface area contributed by atoms with Crippen LogP contribution < -0.4 is 24.8 Å². The molecule has 0 bridgehead atoms. The van der Waals surface area contributed by atoms with E-state index in [-0.39, 0.29) is 18.4 Å². The van der Waals surface area contributed by atoms with Crippen molar-refractivity contribution in [2.45, 2.75) is 12.8 Å². The summed E-state index contributed by atoms with van der Waals surface area (Å²) in [6.07, 6.45) is 1.48. The van der Waals surface area contributed by atoms with Crippen molar-refractivity contribution < 1.29 is 28.6 Å². The average Bonchev–Trinajstić information content (AvgIpc) is 2.86. The van der Waals surface area contributed by atoms with Crippen LogP contribution in [0.25, 0.3) is 0 Å². The summed E-state index contributed by atoms with van der Waals surface area (Å²) in [6, 6.07) is 14.1. The summed E-state index contributed by atoms with van der Waals surface area (Å²) in [6.45, 7) is 1.54. The number of nitrogens with zero attached hydrogens (tertiary/aromatic N) is 1. The second-order valence-corrected chi connectivity index (χ2v) is 7.66. The van der Waals surface area contributed by atoms with Crippen LogP contribution >= 0.6 is 0 Å². The van der Waals surface area contributed by atoms with Crippen LogP contribution in [-0.2, 0) is 14.4 Å². The summed E-state index contributed by atoms with van der Waals surface area (Å²) in [5.41, 5.74) is 0.349. The van der Waals surface area contributed by atoms with E-state index >= 15 is 0 Å². The normalized spacial score (nSPS) is 13.7. The molecule has 0 aliphatic carbocycles. The molecule has 1 fully saturated rings. The smallest absolute Gasteiger partial charge is 0.313 e. The van der Waals surface area contributed by atoms with Crippen LogP contribution in [0.5, 0.6) is 17.2 Å². The van der Waals surface area contributed by atoms with Crippen LogP contribution in [0.1, 0.15) is 12.8 Å². The van der Waals surface area contributed by atoms with E-state index in [1.807, 2.05) is 30.3 Å². The topological polar surface area (TPSA) is 106 Å². The molecule has 2 aromatic rings. The molecular formula is C24H29N3O6. The van der Waals surface area contributed by atoms with Crippen LogP contribution in [0.3, 0.4) is 0 Å². The first-order valence-electron chi connectivity index (χ1n) is 10.8. The molecular weight excluding hydrogens is 426 g/mol. The molecule has 0 saturated carbocycles. The van der Waals surface area contributed by atoms with Crippen molar-refractivity contribution in [3.8, 4) is 17.2 Å². The zero-order valence-electron chi connectivity index (χ0n) is 18.8. The van der Waals surface area contributed by atoms with Gasteiger partial charge in [0.1, 0.15) is 17.2 Å². The van der Waals surface area contributed by atoms with Crippen LogP contribution in [0.15, 0.2) is 48.5 Å². The van der Waals surface area contributed by atoms with Gasteiger partial charge in [0, 0.05) is 25.7 Å². The standard InChI is InChI=1S/C24H29N3O6/c1-31-19-8-9-21(32-2)20(14-19)26-24(30)23(29)25-15-17-10-12-27(13-11-17)22(28)16-33-18-6-4-3-5-7-18/h3-9,14,17H,10-13,15-16H2,1-2H3,(H,25,29)(H,26,30). The summed E-state index contributed by atoms with van der Waals surface area (Å²) in [7, 11) is 2.98. The monoisotopic (exact) mass is 455 g/mol. The maximum absolute atomic E-state index is 12.4. The third-order valence-electron chi connectivity index (χ3n) is 5.49. The number of rotatable bonds is 8. The van der Waals surface area contributed by atoms with Gasteiger partial charge in [0.15, 0.2) is 6.61 Å². The Morgan fingerprint density at radius 3 is 2.33 bits per heavy atom. The minimum absolute atomic E-state index is 0.000673. The second-order valence-electron chi connectivity index (χ2n) is 7.66. The molecule has 2 N–H and O–H groups in total. The molecule has 0 radical (unpaired) electrons. The number of ether oxygens (including phenoxy) is 3. The Morgan fingerprint density at radius 1 is 0.939 bits per heavy atom. The Labute approximate surface area is 193 Å². The Morgan fingerprint density at radius 2 is 1.67 bits per heavy atom. The van der Waals surface area contributed by atoms with Gasteiger partial charge in [-0.15, -0.1) is 0 Å². The lowest BCUT2D eigenvalue weighted by molar-refractivity contribution is -0.136. The number of hydrogen-bond donors (Lipinski definition) is 2. The van der Waals surface area contributed by atoms with E-state index in [0.29, 0.717) is 42.6 Å². The Kier molecular flexibility index (Phi) is 8.51. The van der Waals surface area contributed by atoms with Gasteiger partial charge in [0.2, 0.25) is 0 Å². The summed E-state index contributed by atoms with van der Waals surface area (Å²) in [4.78, 5) is 38.7. The van der Waals surface area contributed by atoms with Crippen LogP contribution in [0, 0.1) is 5.92 Å². The van der Waals surface area contributed by atoms with E-state index in [1.165, 1.54) is 14.2 Å². The van der Waals surface area contributed by atoms with Crippen molar-refractivity contribution in [2.75, 3.05) is 45.8 Å². The second kappa shape index (κ2) is 11.8. The average molecular weight is 456 g/mol.